The first-order chi connectivity index (χ1) is 10.3. The van der Waals surface area contributed by atoms with Gasteiger partial charge in [0.15, 0.2) is 6.79 Å². The quantitative estimate of drug-likeness (QED) is 0.907. The van der Waals surface area contributed by atoms with Gasteiger partial charge in [0.2, 0.25) is 0 Å². The molecule has 21 heavy (non-hydrogen) atoms. The molecule has 0 bridgehead atoms. The molecular formula is C16H23ClN2O2. The summed E-state index contributed by atoms with van der Waals surface area (Å²) >= 11 is 6.26. The predicted octanol–water partition coefficient (Wildman–Crippen LogP) is 2.78. The lowest BCUT2D eigenvalue weighted by Gasteiger charge is -2.30. The van der Waals surface area contributed by atoms with Crippen LogP contribution in [0.1, 0.15) is 30.9 Å². The second-order valence-electron chi connectivity index (χ2n) is 5.78. The number of ether oxygens (including phenoxy) is 2. The van der Waals surface area contributed by atoms with Gasteiger partial charge < -0.3 is 14.8 Å². The Morgan fingerprint density at radius 2 is 2.33 bits per heavy atom. The molecule has 1 saturated heterocycles. The molecule has 1 fully saturated rings. The number of fused-ring (bicyclic) bond motifs is 1. The molecule has 2 aliphatic heterocycles. The summed E-state index contributed by atoms with van der Waals surface area (Å²) in [6, 6.07) is 4.59. The van der Waals surface area contributed by atoms with E-state index < -0.39 is 0 Å². The highest BCUT2D eigenvalue weighted by Crippen LogP contribution is 2.33. The molecule has 3 rings (SSSR count). The normalized spacial score (nSPS) is 21.4. The van der Waals surface area contributed by atoms with Gasteiger partial charge in [0, 0.05) is 35.3 Å². The van der Waals surface area contributed by atoms with E-state index in [0.717, 1.165) is 48.9 Å². The van der Waals surface area contributed by atoms with Gasteiger partial charge in [-0.05, 0) is 38.1 Å². The van der Waals surface area contributed by atoms with Crippen LogP contribution in [0, 0.1) is 0 Å². The SMILES string of the molecule is CCCN(Cc1cc(Cl)cc2c1OCOC2)C1CCNC1. The van der Waals surface area contributed by atoms with Gasteiger partial charge in [0.1, 0.15) is 5.75 Å². The van der Waals surface area contributed by atoms with Crippen LogP contribution in [-0.2, 0) is 17.9 Å². The number of rotatable bonds is 5. The topological polar surface area (TPSA) is 33.7 Å². The Morgan fingerprint density at radius 1 is 1.43 bits per heavy atom. The lowest BCUT2D eigenvalue weighted by molar-refractivity contribution is -0.0176. The lowest BCUT2D eigenvalue weighted by Crippen LogP contribution is -2.37. The van der Waals surface area contributed by atoms with Gasteiger partial charge in [-0.25, -0.2) is 0 Å². The molecule has 2 aliphatic rings. The molecule has 2 heterocycles. The molecule has 0 radical (unpaired) electrons. The number of nitrogens with one attached hydrogen (secondary N) is 1. The van der Waals surface area contributed by atoms with E-state index in [1.165, 1.54) is 12.0 Å². The van der Waals surface area contributed by atoms with E-state index in [1.54, 1.807) is 0 Å². The van der Waals surface area contributed by atoms with Crippen molar-refractivity contribution in [1.82, 2.24) is 10.2 Å². The van der Waals surface area contributed by atoms with Gasteiger partial charge in [-0.2, -0.15) is 0 Å². The van der Waals surface area contributed by atoms with Crippen molar-refractivity contribution in [2.24, 2.45) is 0 Å². The Labute approximate surface area is 131 Å². The maximum Gasteiger partial charge on any atom is 0.189 e. The summed E-state index contributed by atoms with van der Waals surface area (Å²) in [7, 11) is 0. The minimum Gasteiger partial charge on any atom is -0.467 e. The third-order valence-corrected chi connectivity index (χ3v) is 4.40. The van der Waals surface area contributed by atoms with Crippen LogP contribution in [0.15, 0.2) is 12.1 Å². The summed E-state index contributed by atoms with van der Waals surface area (Å²) in [5, 5.41) is 4.21. The fraction of sp³-hybridized carbons (Fsp3) is 0.625. The van der Waals surface area contributed by atoms with Gasteiger partial charge in [0.25, 0.3) is 0 Å². The summed E-state index contributed by atoms with van der Waals surface area (Å²) in [4.78, 5) is 2.55. The zero-order valence-corrected chi connectivity index (χ0v) is 13.3. The monoisotopic (exact) mass is 310 g/mol. The van der Waals surface area contributed by atoms with E-state index in [-0.39, 0.29) is 0 Å². The maximum atomic E-state index is 6.26. The summed E-state index contributed by atoms with van der Waals surface area (Å²) in [5.41, 5.74) is 2.24. The molecule has 1 unspecified atom stereocenters. The third-order valence-electron chi connectivity index (χ3n) is 4.19. The van der Waals surface area contributed by atoms with Crippen LogP contribution in [0.25, 0.3) is 0 Å². The maximum absolute atomic E-state index is 6.26. The molecular weight excluding hydrogens is 288 g/mol. The Balaban J connectivity index is 1.82. The van der Waals surface area contributed by atoms with E-state index >= 15 is 0 Å². The van der Waals surface area contributed by atoms with Gasteiger partial charge in [-0.15, -0.1) is 0 Å². The van der Waals surface area contributed by atoms with Crippen molar-refractivity contribution in [3.63, 3.8) is 0 Å². The summed E-state index contributed by atoms with van der Waals surface area (Å²) in [6.07, 6.45) is 2.37. The highest BCUT2D eigenvalue weighted by Gasteiger charge is 2.24. The van der Waals surface area contributed by atoms with Gasteiger partial charge in [-0.1, -0.05) is 18.5 Å². The first-order valence-electron chi connectivity index (χ1n) is 7.74. The molecule has 1 N–H and O–H groups in total. The molecule has 1 atom stereocenters. The Hall–Kier alpha value is -0.810. The number of hydrogen-bond acceptors (Lipinski definition) is 4. The number of nitrogens with zero attached hydrogens (tertiary/aromatic N) is 1. The Kier molecular flexibility index (Phi) is 5.01. The van der Waals surface area contributed by atoms with Crippen molar-refractivity contribution in [2.75, 3.05) is 26.4 Å². The summed E-state index contributed by atoms with van der Waals surface area (Å²) in [6.45, 7) is 7.33. The van der Waals surface area contributed by atoms with Crippen molar-refractivity contribution < 1.29 is 9.47 Å². The molecule has 0 saturated carbocycles. The standard InChI is InChI=1S/C16H23ClN2O2/c1-2-5-19(15-3-4-18-8-15)9-12-6-14(17)7-13-10-20-11-21-16(12)13/h6-7,15,18H,2-5,8-11H2,1H3. The molecule has 116 valence electrons. The largest absolute Gasteiger partial charge is 0.467 e. The van der Waals surface area contributed by atoms with Crippen LogP contribution in [0.3, 0.4) is 0 Å². The van der Waals surface area contributed by atoms with Crippen molar-refractivity contribution in [1.29, 1.82) is 0 Å². The summed E-state index contributed by atoms with van der Waals surface area (Å²) < 4.78 is 11.1. The van der Waals surface area contributed by atoms with Crippen molar-refractivity contribution in [3.05, 3.63) is 28.3 Å². The Morgan fingerprint density at radius 3 is 3.10 bits per heavy atom. The zero-order valence-electron chi connectivity index (χ0n) is 12.5. The molecule has 0 spiro atoms. The van der Waals surface area contributed by atoms with Crippen LogP contribution >= 0.6 is 11.6 Å². The third kappa shape index (κ3) is 3.51. The molecule has 0 aromatic heterocycles. The van der Waals surface area contributed by atoms with Crippen molar-refractivity contribution in [2.45, 2.75) is 39.0 Å². The second kappa shape index (κ2) is 6.97. The first-order valence-corrected chi connectivity index (χ1v) is 8.12. The van der Waals surface area contributed by atoms with E-state index in [1.807, 2.05) is 12.1 Å². The number of halogens is 1. The fourth-order valence-electron chi connectivity index (χ4n) is 3.22. The fourth-order valence-corrected chi connectivity index (χ4v) is 3.49. The average molecular weight is 311 g/mol. The smallest absolute Gasteiger partial charge is 0.189 e. The van der Waals surface area contributed by atoms with Crippen molar-refractivity contribution in [3.8, 4) is 5.75 Å². The van der Waals surface area contributed by atoms with E-state index in [0.29, 0.717) is 19.4 Å². The van der Waals surface area contributed by atoms with E-state index in [4.69, 9.17) is 21.1 Å². The van der Waals surface area contributed by atoms with E-state index in [2.05, 4.69) is 17.1 Å². The highest BCUT2D eigenvalue weighted by molar-refractivity contribution is 6.30. The van der Waals surface area contributed by atoms with Crippen molar-refractivity contribution >= 4 is 11.6 Å². The van der Waals surface area contributed by atoms with Crippen LogP contribution in [0.5, 0.6) is 5.75 Å². The molecule has 1 aromatic rings. The highest BCUT2D eigenvalue weighted by atomic mass is 35.5. The molecule has 5 heteroatoms. The average Bonchev–Trinajstić information content (AvgIpc) is 3.00. The minimum absolute atomic E-state index is 0.334. The summed E-state index contributed by atoms with van der Waals surface area (Å²) in [5.74, 6) is 0.970. The van der Waals surface area contributed by atoms with Gasteiger partial charge >= 0.3 is 0 Å². The molecule has 0 amide bonds. The van der Waals surface area contributed by atoms with Crippen LogP contribution < -0.4 is 10.1 Å². The van der Waals surface area contributed by atoms with Crippen LogP contribution in [-0.4, -0.2) is 37.4 Å². The Bertz CT molecular complexity index is 489. The van der Waals surface area contributed by atoms with Gasteiger partial charge in [0.05, 0.1) is 6.61 Å². The lowest BCUT2D eigenvalue weighted by atomic mass is 10.1. The first kappa shape index (κ1) is 15.1. The van der Waals surface area contributed by atoms with Crippen LogP contribution in [0.2, 0.25) is 5.02 Å². The number of hydrogen-bond donors (Lipinski definition) is 1. The second-order valence-corrected chi connectivity index (χ2v) is 6.22. The van der Waals surface area contributed by atoms with E-state index in [9.17, 15) is 0 Å². The molecule has 1 aromatic carbocycles. The molecule has 4 nitrogen and oxygen atoms in total. The predicted molar refractivity (Wildman–Crippen MR) is 83.7 cm³/mol. The molecule has 0 aliphatic carbocycles. The van der Waals surface area contributed by atoms with Crippen LogP contribution in [0.4, 0.5) is 0 Å². The number of benzene rings is 1. The zero-order chi connectivity index (χ0) is 14.7. The minimum atomic E-state index is 0.334. The van der Waals surface area contributed by atoms with Gasteiger partial charge in [-0.3, -0.25) is 4.90 Å².